The van der Waals surface area contributed by atoms with Crippen molar-refractivity contribution in [2.45, 2.75) is 13.8 Å². The molecule has 9 heteroatoms. The molecule has 2 N–H and O–H groups in total. The Bertz CT molecular complexity index is 678. The Morgan fingerprint density at radius 1 is 1.39 bits per heavy atom. The maximum absolute atomic E-state index is 12.1. The van der Waals surface area contributed by atoms with Crippen molar-refractivity contribution in [1.82, 2.24) is 4.90 Å². The van der Waals surface area contributed by atoms with Crippen LogP contribution in [0.5, 0.6) is 11.5 Å². The van der Waals surface area contributed by atoms with Crippen molar-refractivity contribution >= 4 is 17.7 Å². The van der Waals surface area contributed by atoms with Crippen molar-refractivity contribution in [3.05, 3.63) is 33.4 Å². The molecule has 1 aromatic carbocycles. The van der Waals surface area contributed by atoms with E-state index in [4.69, 9.17) is 5.26 Å². The van der Waals surface area contributed by atoms with Gasteiger partial charge in [-0.2, -0.15) is 5.26 Å². The van der Waals surface area contributed by atoms with Crippen LogP contribution in [0.4, 0.5) is 5.69 Å². The average molecular weight is 328 g/mol. The summed E-state index contributed by atoms with van der Waals surface area (Å²) in [5, 5.41) is 38.8. The topological polar surface area (TPSA) is 128 Å². The molecule has 0 heterocycles. The van der Waals surface area contributed by atoms with Gasteiger partial charge in [0, 0.05) is 19.2 Å². The minimum absolute atomic E-state index is 0. The molecule has 1 amide bonds. The number of carbonyl (C=O) groups is 1. The number of nitriles is 1. The fourth-order valence-electron chi connectivity index (χ4n) is 1.84. The smallest absolute Gasteiger partial charge is 0.504 e. The second-order valence-corrected chi connectivity index (χ2v) is 4.31. The van der Waals surface area contributed by atoms with Gasteiger partial charge < -0.3 is 15.1 Å². The fourth-order valence-corrected chi connectivity index (χ4v) is 1.84. The van der Waals surface area contributed by atoms with E-state index in [1.165, 1.54) is 4.90 Å². The van der Waals surface area contributed by atoms with E-state index in [2.05, 4.69) is 0 Å². The summed E-state index contributed by atoms with van der Waals surface area (Å²) in [6.07, 6.45) is 1.13. The molecule has 0 atom stereocenters. The Kier molecular flexibility index (Phi) is 8.32. The molecule has 0 saturated heterocycles. The van der Waals surface area contributed by atoms with Crippen LogP contribution in [0, 0.1) is 21.4 Å². The maximum Gasteiger partial charge on any atom is 1.00 e. The van der Waals surface area contributed by atoms with E-state index in [1.54, 1.807) is 19.9 Å². The number of aromatic hydroxyl groups is 2. The van der Waals surface area contributed by atoms with Crippen molar-refractivity contribution in [3.63, 3.8) is 0 Å². The number of nitro benzene ring substituents is 1. The van der Waals surface area contributed by atoms with Gasteiger partial charge in [-0.05, 0) is 31.6 Å². The van der Waals surface area contributed by atoms with Crippen LogP contribution in [-0.2, 0) is 4.79 Å². The second-order valence-electron chi connectivity index (χ2n) is 4.31. The molecule has 0 saturated carbocycles. The molecule has 0 bridgehead atoms. The predicted molar refractivity (Wildman–Crippen MR) is 77.9 cm³/mol. The molecule has 23 heavy (non-hydrogen) atoms. The van der Waals surface area contributed by atoms with Crippen molar-refractivity contribution < 1.29 is 49.5 Å². The molecule has 116 valence electrons. The number of hydrogen-bond acceptors (Lipinski definition) is 6. The molecule has 0 radical (unpaired) electrons. The number of phenolic OH excluding ortho intramolecular Hbond substituents is 2. The summed E-state index contributed by atoms with van der Waals surface area (Å²) in [6, 6.07) is 3.75. The van der Waals surface area contributed by atoms with Gasteiger partial charge in [-0.1, -0.05) is 0 Å². The molecule has 0 aliphatic rings. The second kappa shape index (κ2) is 9.15. The summed E-state index contributed by atoms with van der Waals surface area (Å²) in [5.41, 5.74) is -0.860. The number of nitrogens with zero attached hydrogens (tertiary/aromatic N) is 3. The minimum Gasteiger partial charge on any atom is -0.504 e. The molecule has 1 rings (SSSR count). The summed E-state index contributed by atoms with van der Waals surface area (Å²) < 4.78 is 0. The summed E-state index contributed by atoms with van der Waals surface area (Å²) >= 11 is 0. The van der Waals surface area contributed by atoms with E-state index in [1.807, 2.05) is 0 Å². The van der Waals surface area contributed by atoms with E-state index >= 15 is 0 Å². The number of hydrogen-bond donors (Lipinski definition) is 2. The van der Waals surface area contributed by atoms with E-state index in [-0.39, 0.29) is 40.7 Å². The first-order chi connectivity index (χ1) is 10.3. The van der Waals surface area contributed by atoms with Crippen molar-refractivity contribution in [1.29, 1.82) is 5.26 Å². The van der Waals surface area contributed by atoms with Crippen LogP contribution >= 0.6 is 0 Å². The number of rotatable bonds is 5. The van der Waals surface area contributed by atoms with Crippen LogP contribution in [0.25, 0.3) is 6.08 Å². The molecular weight excluding hydrogens is 313 g/mol. The third-order valence-corrected chi connectivity index (χ3v) is 3.00. The number of amides is 1. The Morgan fingerprint density at radius 3 is 2.39 bits per heavy atom. The number of likely N-dealkylation sites (N-methyl/N-ethyl adjacent to an activating group) is 1. The summed E-state index contributed by atoms with van der Waals surface area (Å²) in [7, 11) is 0. The van der Waals surface area contributed by atoms with Gasteiger partial charge in [-0.3, -0.25) is 14.9 Å². The van der Waals surface area contributed by atoms with Gasteiger partial charge in [-0.15, -0.1) is 0 Å². The Morgan fingerprint density at radius 2 is 1.96 bits per heavy atom. The van der Waals surface area contributed by atoms with Crippen LogP contribution in [0.3, 0.4) is 0 Å². The summed E-state index contributed by atoms with van der Waals surface area (Å²) in [4.78, 5) is 23.4. The van der Waals surface area contributed by atoms with E-state index in [0.717, 1.165) is 18.2 Å². The zero-order chi connectivity index (χ0) is 16.9. The Balaban J connectivity index is 0.00000484. The standard InChI is InChI=1S/C14H15N3O5.Na/c1-3-16(4-2)14(20)10(8-15)5-9-6-11(17(21)22)13(19)12(18)7-9;/h5-7,18-19H,3-4H2,1-2H3;/q;+1/b10-5+;. The molecule has 8 nitrogen and oxygen atoms in total. The molecule has 0 unspecified atom stereocenters. The molecule has 0 aliphatic carbocycles. The third kappa shape index (κ3) is 4.96. The largest absolute Gasteiger partial charge is 1.00 e. The van der Waals surface area contributed by atoms with Crippen LogP contribution < -0.4 is 29.6 Å². The first-order valence-corrected chi connectivity index (χ1v) is 6.47. The van der Waals surface area contributed by atoms with E-state index in [9.17, 15) is 25.1 Å². The van der Waals surface area contributed by atoms with Gasteiger partial charge >= 0.3 is 35.2 Å². The number of carbonyl (C=O) groups excluding carboxylic acids is 1. The van der Waals surface area contributed by atoms with Gasteiger partial charge in [0.25, 0.3) is 5.91 Å². The summed E-state index contributed by atoms with van der Waals surface area (Å²) in [6.45, 7) is 4.34. The van der Waals surface area contributed by atoms with Crippen molar-refractivity contribution in [2.24, 2.45) is 0 Å². The molecular formula is C14H15N3NaO5+. The van der Waals surface area contributed by atoms with Crippen LogP contribution in [-0.4, -0.2) is 39.0 Å². The molecule has 0 aromatic heterocycles. The molecule has 0 spiro atoms. The van der Waals surface area contributed by atoms with Gasteiger partial charge in [-0.25, -0.2) is 0 Å². The Hall–Kier alpha value is -2.08. The zero-order valence-electron chi connectivity index (χ0n) is 13.1. The monoisotopic (exact) mass is 328 g/mol. The zero-order valence-corrected chi connectivity index (χ0v) is 15.1. The van der Waals surface area contributed by atoms with Gasteiger partial charge in [0.05, 0.1) is 4.92 Å². The predicted octanol–water partition coefficient (Wildman–Crippen LogP) is -1.21. The first-order valence-electron chi connectivity index (χ1n) is 6.47. The quantitative estimate of drug-likeness (QED) is 0.174. The number of nitro groups is 1. The number of phenols is 2. The SMILES string of the molecule is CCN(CC)C(=O)/C(C#N)=C/c1cc(O)c(O)c([N+](=O)[O-])c1.[Na+]. The van der Waals surface area contributed by atoms with Gasteiger partial charge in [0.2, 0.25) is 5.75 Å². The van der Waals surface area contributed by atoms with Gasteiger partial charge in [0.1, 0.15) is 11.6 Å². The Labute approximate surface area is 155 Å². The van der Waals surface area contributed by atoms with Gasteiger partial charge in [0.15, 0.2) is 5.75 Å². The molecule has 0 fully saturated rings. The summed E-state index contributed by atoms with van der Waals surface area (Å²) in [5.74, 6) is -2.08. The fraction of sp³-hybridized carbons (Fsp3) is 0.286. The van der Waals surface area contributed by atoms with E-state index < -0.39 is 28.0 Å². The van der Waals surface area contributed by atoms with Crippen LogP contribution in [0.2, 0.25) is 0 Å². The van der Waals surface area contributed by atoms with Crippen LogP contribution in [0.1, 0.15) is 19.4 Å². The van der Waals surface area contributed by atoms with Crippen molar-refractivity contribution in [3.8, 4) is 17.6 Å². The normalized spacial score (nSPS) is 10.4. The third-order valence-electron chi connectivity index (χ3n) is 3.00. The molecule has 1 aromatic rings. The van der Waals surface area contributed by atoms with E-state index in [0.29, 0.717) is 13.1 Å². The number of benzene rings is 1. The first kappa shape index (κ1) is 20.9. The molecule has 0 aliphatic heterocycles. The minimum atomic E-state index is -0.870. The maximum atomic E-state index is 12.1. The average Bonchev–Trinajstić information content (AvgIpc) is 2.48. The van der Waals surface area contributed by atoms with Crippen molar-refractivity contribution in [2.75, 3.05) is 13.1 Å². The van der Waals surface area contributed by atoms with Crippen LogP contribution in [0.15, 0.2) is 17.7 Å².